The van der Waals surface area contributed by atoms with Crippen LogP contribution in [0.5, 0.6) is 0 Å². The van der Waals surface area contributed by atoms with Crippen molar-refractivity contribution in [3.05, 3.63) is 78.8 Å². The van der Waals surface area contributed by atoms with Crippen LogP contribution in [0.2, 0.25) is 0 Å². The van der Waals surface area contributed by atoms with Crippen LogP contribution in [0, 0.1) is 0 Å². The SMILES string of the molecule is Nc1ncnc2c1c(C(=O)Nc1nc3cc(-c4ccccc4)ccc3o1)cn2[C@@H]1CCN(C(=O)C=CCN2CCCCC2)C1. The second-order valence-electron chi connectivity index (χ2n) is 11.4. The Morgan fingerprint density at radius 3 is 2.70 bits per heavy atom. The maximum absolute atomic E-state index is 13.6. The summed E-state index contributed by atoms with van der Waals surface area (Å²) in [5.74, 6) is -0.230. The van der Waals surface area contributed by atoms with Gasteiger partial charge in [0.25, 0.3) is 5.91 Å². The Kier molecular flexibility index (Phi) is 7.53. The van der Waals surface area contributed by atoms with E-state index in [2.05, 4.69) is 25.2 Å². The van der Waals surface area contributed by atoms with Crippen molar-refractivity contribution in [3.8, 4) is 11.1 Å². The van der Waals surface area contributed by atoms with Gasteiger partial charge >= 0.3 is 6.01 Å². The van der Waals surface area contributed by atoms with Gasteiger partial charge in [-0.25, -0.2) is 9.97 Å². The number of nitrogens with one attached hydrogen (secondary N) is 1. The normalized spacial score (nSPS) is 17.6. The lowest BCUT2D eigenvalue weighted by atomic mass is 10.1. The van der Waals surface area contributed by atoms with Crippen molar-refractivity contribution in [1.29, 1.82) is 0 Å². The van der Waals surface area contributed by atoms with E-state index in [1.54, 1.807) is 12.3 Å². The summed E-state index contributed by atoms with van der Waals surface area (Å²) in [5.41, 5.74) is 10.4. The molecule has 2 aliphatic heterocycles. The number of hydrogen-bond donors (Lipinski definition) is 2. The summed E-state index contributed by atoms with van der Waals surface area (Å²) in [7, 11) is 0. The summed E-state index contributed by atoms with van der Waals surface area (Å²) in [4.78, 5) is 43.9. The molecule has 3 aromatic heterocycles. The number of likely N-dealkylation sites (tertiary alicyclic amines) is 2. The van der Waals surface area contributed by atoms with Crippen LogP contribution in [-0.4, -0.2) is 73.9 Å². The maximum atomic E-state index is 13.6. The van der Waals surface area contributed by atoms with Gasteiger partial charge in [-0.1, -0.05) is 48.9 Å². The van der Waals surface area contributed by atoms with Gasteiger partial charge in [-0.15, -0.1) is 0 Å². The molecule has 2 aliphatic rings. The van der Waals surface area contributed by atoms with Gasteiger partial charge < -0.3 is 19.6 Å². The predicted octanol–water partition coefficient (Wildman–Crippen LogP) is 4.89. The second-order valence-corrected chi connectivity index (χ2v) is 11.4. The van der Waals surface area contributed by atoms with Crippen molar-refractivity contribution in [3.63, 3.8) is 0 Å². The van der Waals surface area contributed by atoms with E-state index in [9.17, 15) is 9.59 Å². The first-order valence-corrected chi connectivity index (χ1v) is 15.1. The number of aromatic nitrogens is 4. The molecule has 2 saturated heterocycles. The molecule has 1 atom stereocenters. The van der Waals surface area contributed by atoms with E-state index in [4.69, 9.17) is 10.2 Å². The molecule has 2 fully saturated rings. The fourth-order valence-corrected chi connectivity index (χ4v) is 6.23. The van der Waals surface area contributed by atoms with Gasteiger partial charge in [0.1, 0.15) is 23.3 Å². The number of benzene rings is 2. The molecular formula is C33H34N8O3. The zero-order valence-electron chi connectivity index (χ0n) is 24.4. The molecule has 3 N–H and O–H groups in total. The largest absolute Gasteiger partial charge is 0.423 e. The topological polar surface area (TPSA) is 135 Å². The Bertz CT molecular complexity index is 1860. The average molecular weight is 591 g/mol. The molecule has 0 bridgehead atoms. The molecule has 2 aromatic carbocycles. The van der Waals surface area contributed by atoms with Gasteiger partial charge in [-0.3, -0.25) is 19.8 Å². The van der Waals surface area contributed by atoms with E-state index in [-0.39, 0.29) is 23.8 Å². The quantitative estimate of drug-likeness (QED) is 0.256. The number of amides is 2. The maximum Gasteiger partial charge on any atom is 0.302 e. The van der Waals surface area contributed by atoms with Crippen LogP contribution in [0.25, 0.3) is 33.3 Å². The Balaban J connectivity index is 1.08. The zero-order valence-corrected chi connectivity index (χ0v) is 24.4. The molecule has 2 amide bonds. The highest BCUT2D eigenvalue weighted by Crippen LogP contribution is 2.32. The lowest BCUT2D eigenvalue weighted by Gasteiger charge is -2.24. The van der Waals surface area contributed by atoms with Crippen molar-refractivity contribution >= 4 is 45.8 Å². The third-order valence-electron chi connectivity index (χ3n) is 8.54. The molecular weight excluding hydrogens is 556 g/mol. The van der Waals surface area contributed by atoms with E-state index in [0.717, 1.165) is 37.2 Å². The number of nitrogen functional groups attached to an aromatic ring is 1. The molecule has 0 unspecified atom stereocenters. The smallest absolute Gasteiger partial charge is 0.302 e. The van der Waals surface area contributed by atoms with Crippen molar-refractivity contribution in [2.75, 3.05) is 43.8 Å². The standard InChI is InChI=1S/C33H34N8O3/c34-30-29-25(32(43)38-33-37-26-18-23(11-12-27(26)44-33)22-8-3-1-4-9-22)20-41(31(29)36-21-35-30)24-13-17-40(19-24)28(42)10-7-16-39-14-5-2-6-15-39/h1,3-4,7-12,18,20-21,24H,2,5-6,13-17,19H2,(H2,34,35,36)(H,37,38,43)/t24-/m1/s1. The Labute approximate surface area is 254 Å². The molecule has 5 aromatic rings. The highest BCUT2D eigenvalue weighted by atomic mass is 16.4. The van der Waals surface area contributed by atoms with E-state index in [1.807, 2.05) is 64.1 Å². The van der Waals surface area contributed by atoms with Crippen LogP contribution in [0.3, 0.4) is 0 Å². The van der Waals surface area contributed by atoms with Gasteiger partial charge in [0, 0.05) is 31.9 Å². The Hall–Kier alpha value is -5.03. The zero-order chi connectivity index (χ0) is 30.0. The third kappa shape index (κ3) is 5.53. The third-order valence-corrected chi connectivity index (χ3v) is 8.54. The first-order chi connectivity index (χ1) is 21.5. The van der Waals surface area contributed by atoms with Gasteiger partial charge in [-0.2, -0.15) is 4.98 Å². The number of anilines is 2. The Morgan fingerprint density at radius 1 is 1.02 bits per heavy atom. The molecule has 11 nitrogen and oxygen atoms in total. The molecule has 5 heterocycles. The van der Waals surface area contributed by atoms with Crippen LogP contribution in [0.4, 0.5) is 11.8 Å². The monoisotopic (exact) mass is 590 g/mol. The van der Waals surface area contributed by atoms with Gasteiger partial charge in [0.15, 0.2) is 5.58 Å². The molecule has 7 rings (SSSR count). The number of rotatable bonds is 7. The highest BCUT2D eigenvalue weighted by Gasteiger charge is 2.30. The Morgan fingerprint density at radius 2 is 1.86 bits per heavy atom. The molecule has 44 heavy (non-hydrogen) atoms. The average Bonchev–Trinajstić information content (AvgIpc) is 3.79. The summed E-state index contributed by atoms with van der Waals surface area (Å²) in [5, 5.41) is 3.25. The van der Waals surface area contributed by atoms with Crippen molar-refractivity contribution in [2.45, 2.75) is 31.7 Å². The van der Waals surface area contributed by atoms with Gasteiger partial charge in [-0.05, 0) is 55.6 Å². The minimum Gasteiger partial charge on any atom is -0.423 e. The number of hydrogen-bond acceptors (Lipinski definition) is 8. The van der Waals surface area contributed by atoms with E-state index >= 15 is 0 Å². The number of oxazole rings is 1. The van der Waals surface area contributed by atoms with E-state index in [1.165, 1.54) is 25.6 Å². The number of nitrogens with two attached hydrogens (primary N) is 1. The molecule has 0 saturated carbocycles. The lowest BCUT2D eigenvalue weighted by Crippen LogP contribution is -2.30. The first kappa shape index (κ1) is 27.8. The summed E-state index contributed by atoms with van der Waals surface area (Å²) in [6, 6.07) is 15.7. The summed E-state index contributed by atoms with van der Waals surface area (Å²) in [6.45, 7) is 4.11. The minimum absolute atomic E-state index is 0.000501. The van der Waals surface area contributed by atoms with Crippen LogP contribution in [0.1, 0.15) is 42.1 Å². The number of nitrogens with zero attached hydrogens (tertiary/aromatic N) is 6. The number of carbonyl (C=O) groups is 2. The van der Waals surface area contributed by atoms with Gasteiger partial charge in [0.05, 0.1) is 17.0 Å². The second kappa shape index (κ2) is 11.9. The molecule has 224 valence electrons. The number of carbonyl (C=O) groups excluding carboxylic acids is 2. The van der Waals surface area contributed by atoms with Crippen LogP contribution in [0.15, 0.2) is 77.6 Å². The highest BCUT2D eigenvalue weighted by molar-refractivity contribution is 6.14. The molecule has 0 spiro atoms. The fourth-order valence-electron chi connectivity index (χ4n) is 6.23. The van der Waals surface area contributed by atoms with Crippen molar-refractivity contribution in [2.24, 2.45) is 0 Å². The first-order valence-electron chi connectivity index (χ1n) is 15.1. The van der Waals surface area contributed by atoms with Crippen LogP contribution < -0.4 is 11.1 Å². The number of piperidine rings is 1. The van der Waals surface area contributed by atoms with Crippen LogP contribution >= 0.6 is 0 Å². The summed E-state index contributed by atoms with van der Waals surface area (Å²) in [6.07, 6.45) is 11.3. The summed E-state index contributed by atoms with van der Waals surface area (Å²) >= 11 is 0. The minimum atomic E-state index is -0.434. The molecule has 0 radical (unpaired) electrons. The van der Waals surface area contributed by atoms with E-state index < -0.39 is 5.91 Å². The number of fused-ring (bicyclic) bond motifs is 2. The van der Waals surface area contributed by atoms with Crippen LogP contribution in [-0.2, 0) is 4.79 Å². The summed E-state index contributed by atoms with van der Waals surface area (Å²) < 4.78 is 7.78. The van der Waals surface area contributed by atoms with Gasteiger partial charge in [0.2, 0.25) is 5.91 Å². The fraction of sp³-hybridized carbons (Fsp3) is 0.303. The molecule has 11 heteroatoms. The van der Waals surface area contributed by atoms with E-state index in [0.29, 0.717) is 40.8 Å². The van der Waals surface area contributed by atoms with Crippen molar-refractivity contribution in [1.82, 2.24) is 29.3 Å². The lowest BCUT2D eigenvalue weighted by molar-refractivity contribution is -0.125. The molecule has 0 aliphatic carbocycles. The van der Waals surface area contributed by atoms with Crippen molar-refractivity contribution < 1.29 is 14.0 Å². The predicted molar refractivity (Wildman–Crippen MR) is 169 cm³/mol.